The van der Waals surface area contributed by atoms with E-state index in [1.54, 1.807) is 0 Å². The second-order valence-corrected chi connectivity index (χ2v) is 37.2. The largest absolute Gasteiger partial charge is 0.351 e. The molecule has 0 aliphatic carbocycles. The van der Waals surface area contributed by atoms with Crippen LogP contribution < -0.4 is 0 Å². The third-order valence-corrected chi connectivity index (χ3v) is 12.9. The molecule has 5 heterocycles. The van der Waals surface area contributed by atoms with Gasteiger partial charge in [-0.3, -0.25) is 39.2 Å². The first-order valence-electron chi connectivity index (χ1n) is 34.7. The van der Waals surface area contributed by atoms with Crippen molar-refractivity contribution in [2.45, 2.75) is 238 Å². The molecule has 0 aromatic heterocycles. The molecule has 0 bridgehead atoms. The molecule has 5 aliphatic heterocycles. The Morgan fingerprint density at radius 3 is 1.10 bits per heavy atom. The van der Waals surface area contributed by atoms with Crippen LogP contribution >= 0.6 is 0 Å². The van der Waals surface area contributed by atoms with Crippen LogP contribution in [0, 0.1) is 74.4 Å². The predicted molar refractivity (Wildman–Crippen MR) is 450 cm³/mol. The summed E-state index contributed by atoms with van der Waals surface area (Å²) in [6.07, 6.45) is 2.41. The van der Waals surface area contributed by atoms with Crippen LogP contribution in [0.5, 0.6) is 0 Å². The average Bonchev–Trinajstić information content (AvgIpc) is 3.22. The Hall–Kier alpha value is -1.04. The number of hydrogen-bond donors (Lipinski definition) is 0. The summed E-state index contributed by atoms with van der Waals surface area (Å²) in [5, 5.41) is 0. The quantitative estimate of drug-likeness (QED) is 0.0701. The van der Waals surface area contributed by atoms with E-state index in [2.05, 4.69) is 302 Å². The van der Waals surface area contributed by atoms with Crippen molar-refractivity contribution >= 4 is 0 Å². The topological polar surface area (TPSA) is 57.3 Å². The third kappa shape index (κ3) is 95.0. The minimum atomic E-state index is 0. The first-order valence-corrected chi connectivity index (χ1v) is 34.7. The standard InChI is InChI=1S/C10H24N2O.C10H19N.C9H21N2.C9H22N2.2C8H17N.C7H16N2.C7H17N.C6H13NO.8CH4/c1-10(2,3)7-12(6)9-13-8-11(4)5;1-10(2,3)8-6-7-9-11(4)5;1-9(2,3)6-10-7-11(4,5)8-10;1-9(2,3)7-11(6)8-10(4)5;1-7(2)4-8-5-9(3)6-8;2*1-7(2)4-9-5-8(3)6-9;1-7(2,3)6-8(4)5;1-6(2)3-7-4-8-5-7;;;;;;;;/h7-9H2,1-6H3;8-9H2,1-5H3;6-8H2,1-5H3;7-8H2,1-6H3;2*7-8H,4-6H2,1-3H3;7H,4-6H2,1-3H3;6H2,1-5H3;6H,3-5H2,1-2H3;8*1H4/q;;+1;;;;;;;;;;;;;;. The lowest BCUT2D eigenvalue weighted by Gasteiger charge is -2.48. The lowest BCUT2D eigenvalue weighted by molar-refractivity contribution is -0.962. The molecule has 0 unspecified atom stereocenters. The highest BCUT2D eigenvalue weighted by atomic mass is 16.5. The van der Waals surface area contributed by atoms with Crippen molar-refractivity contribution in [1.82, 2.24) is 58.8 Å². The molecular formula is C82H198N13O2+. The van der Waals surface area contributed by atoms with Crippen molar-refractivity contribution in [3.05, 3.63) is 0 Å². The Morgan fingerprint density at radius 2 is 0.845 bits per heavy atom. The molecule has 5 fully saturated rings. The van der Waals surface area contributed by atoms with E-state index in [0.717, 1.165) is 106 Å². The van der Waals surface area contributed by atoms with Gasteiger partial charge in [-0.15, -0.1) is 5.92 Å². The van der Waals surface area contributed by atoms with Crippen molar-refractivity contribution in [2.75, 3.05) is 237 Å². The van der Waals surface area contributed by atoms with Gasteiger partial charge < -0.3 is 28.7 Å². The van der Waals surface area contributed by atoms with Gasteiger partial charge in [0.1, 0.15) is 40.3 Å². The Labute approximate surface area is 620 Å². The number of hydrogen-bond acceptors (Lipinski definition) is 14. The van der Waals surface area contributed by atoms with Gasteiger partial charge in [0.2, 0.25) is 0 Å². The van der Waals surface area contributed by atoms with Gasteiger partial charge in [-0.05, 0) is 154 Å². The zero-order valence-electron chi connectivity index (χ0n) is 67.9. The predicted octanol–water partition coefficient (Wildman–Crippen LogP) is 17.8. The molecule has 602 valence electrons. The highest BCUT2D eigenvalue weighted by Crippen LogP contribution is 2.23. The number of ether oxygens (including phenoxy) is 2. The van der Waals surface area contributed by atoms with Gasteiger partial charge in [0.05, 0.1) is 34.0 Å². The lowest BCUT2D eigenvalue weighted by Crippen LogP contribution is -2.65. The normalized spacial score (nSPS) is 16.4. The number of nitrogens with zero attached hydrogens (tertiary/aromatic N) is 13. The van der Waals surface area contributed by atoms with Gasteiger partial charge in [0.15, 0.2) is 0 Å². The smallest absolute Gasteiger partial charge is 0.140 e. The van der Waals surface area contributed by atoms with E-state index in [1.165, 1.54) is 72.1 Å². The maximum absolute atomic E-state index is 5.45. The van der Waals surface area contributed by atoms with Gasteiger partial charge in [-0.2, -0.15) is 0 Å². The molecule has 0 N–H and O–H groups in total. The molecule has 5 rings (SSSR count). The van der Waals surface area contributed by atoms with E-state index in [9.17, 15) is 0 Å². The highest BCUT2D eigenvalue weighted by molar-refractivity contribution is 5.02. The van der Waals surface area contributed by atoms with Gasteiger partial charge in [-0.25, -0.2) is 4.90 Å². The molecule has 0 amide bonds. The second kappa shape index (κ2) is 62.3. The Balaban J connectivity index is -0.0000000832. The summed E-state index contributed by atoms with van der Waals surface area (Å²) in [4.78, 5) is 27.5. The highest BCUT2D eigenvalue weighted by Gasteiger charge is 2.36. The van der Waals surface area contributed by atoms with E-state index in [4.69, 9.17) is 9.47 Å². The summed E-state index contributed by atoms with van der Waals surface area (Å²) >= 11 is 0. The van der Waals surface area contributed by atoms with E-state index in [-0.39, 0.29) is 59.4 Å². The molecule has 5 saturated heterocycles. The molecule has 0 atom stereocenters. The van der Waals surface area contributed by atoms with E-state index in [0.29, 0.717) is 40.5 Å². The summed E-state index contributed by atoms with van der Waals surface area (Å²) in [6.45, 7) is 77.6. The van der Waals surface area contributed by atoms with Crippen LogP contribution in [-0.4, -0.2) is 301 Å². The first kappa shape index (κ1) is 123. The minimum Gasteiger partial charge on any atom is -0.351 e. The molecule has 0 saturated carbocycles. The monoisotopic (exact) mass is 1400 g/mol. The van der Waals surface area contributed by atoms with Crippen LogP contribution in [-0.2, 0) is 9.47 Å². The number of quaternary nitrogens is 1. The molecule has 0 aromatic carbocycles. The molecular weight excluding hydrogens is 1200 g/mol. The third-order valence-electron chi connectivity index (χ3n) is 12.9. The van der Waals surface area contributed by atoms with Crippen LogP contribution in [0.1, 0.15) is 238 Å². The number of likely N-dealkylation sites (tertiary alicyclic amines) is 2. The Bertz CT molecular complexity index is 1610. The van der Waals surface area contributed by atoms with E-state index in [1.807, 2.05) is 33.1 Å². The van der Waals surface area contributed by atoms with Crippen molar-refractivity contribution in [3.63, 3.8) is 0 Å². The Kier molecular flexibility index (Phi) is 78.9. The van der Waals surface area contributed by atoms with Crippen LogP contribution in [0.15, 0.2) is 0 Å². The fourth-order valence-electron chi connectivity index (χ4n) is 11.1. The SMILES string of the molecule is C.C.C.C.C.C.C.C.CC(C)(C)CN1C[N+](C)(C)C1.CC(C)CC1CN(C)C1.CC(C)CN1CC(C)C1.CC(C)CN1CN(C)C1.CC(C)CN1COC1.CN(C)CC#CCC(C)(C)C.CN(C)CC(C)(C)C.CN(C)CN(C)CC(C)(C)C.CN(C)COCN(C)CC(C)(C)C. The van der Waals surface area contributed by atoms with E-state index < -0.39 is 0 Å². The maximum atomic E-state index is 5.45. The zero-order chi connectivity index (χ0) is 70.5. The van der Waals surface area contributed by atoms with Crippen LogP contribution in [0.2, 0.25) is 0 Å². The van der Waals surface area contributed by atoms with Crippen molar-refractivity contribution in [1.29, 1.82) is 0 Å². The van der Waals surface area contributed by atoms with Crippen molar-refractivity contribution in [2.24, 2.45) is 62.6 Å². The van der Waals surface area contributed by atoms with Crippen LogP contribution in [0.3, 0.4) is 0 Å². The second-order valence-electron chi connectivity index (χ2n) is 37.2. The summed E-state index contributed by atoms with van der Waals surface area (Å²) in [6, 6.07) is 0. The minimum absolute atomic E-state index is 0. The average molecular weight is 1400 g/mol. The van der Waals surface area contributed by atoms with Crippen LogP contribution in [0.4, 0.5) is 0 Å². The summed E-state index contributed by atoms with van der Waals surface area (Å²) in [5.74, 6) is 11.6. The molecule has 5 aliphatic rings. The summed E-state index contributed by atoms with van der Waals surface area (Å²) in [5.41, 5.74) is 2.00. The van der Waals surface area contributed by atoms with Crippen LogP contribution in [0.25, 0.3) is 0 Å². The lowest BCUT2D eigenvalue weighted by atomic mass is 9.91. The maximum Gasteiger partial charge on any atom is 0.140 e. The van der Waals surface area contributed by atoms with Gasteiger partial charge in [-0.1, -0.05) is 232 Å². The van der Waals surface area contributed by atoms with Gasteiger partial charge in [0, 0.05) is 85.1 Å². The number of rotatable bonds is 19. The molecule has 0 spiro atoms. The molecule has 0 radical (unpaired) electrons. The van der Waals surface area contributed by atoms with Crippen molar-refractivity contribution < 1.29 is 14.0 Å². The Morgan fingerprint density at radius 1 is 0.443 bits per heavy atom. The summed E-state index contributed by atoms with van der Waals surface area (Å²) in [7, 11) is 29.6. The fourth-order valence-corrected chi connectivity index (χ4v) is 11.1. The fraction of sp³-hybridized carbons (Fsp3) is 0.976. The van der Waals surface area contributed by atoms with Crippen molar-refractivity contribution in [3.8, 4) is 11.8 Å². The van der Waals surface area contributed by atoms with E-state index >= 15 is 0 Å². The zero-order valence-corrected chi connectivity index (χ0v) is 67.9. The summed E-state index contributed by atoms with van der Waals surface area (Å²) < 4.78 is 11.6. The molecule has 97 heavy (non-hydrogen) atoms. The van der Waals surface area contributed by atoms with Gasteiger partial charge >= 0.3 is 0 Å². The molecule has 0 aromatic rings. The first-order chi connectivity index (χ1) is 40.1. The molecule has 15 heteroatoms. The molecule has 15 nitrogen and oxygen atoms in total. The van der Waals surface area contributed by atoms with Gasteiger partial charge in [0.25, 0.3) is 0 Å².